The largest absolute Gasteiger partial charge is 0.398 e. The molecule has 2 aromatic carbocycles. The van der Waals surface area contributed by atoms with Crippen LogP contribution in [0, 0.1) is 0 Å². The number of nitrogen functional groups attached to an aromatic ring is 2. The van der Waals surface area contributed by atoms with Gasteiger partial charge in [0.05, 0.1) is 16.3 Å². The molecule has 27 heavy (non-hydrogen) atoms. The fourth-order valence-corrected chi connectivity index (χ4v) is 3.87. The van der Waals surface area contributed by atoms with Crippen molar-refractivity contribution in [3.05, 3.63) is 63.5 Å². The molecule has 4 N–H and O–H groups in total. The first-order valence-corrected chi connectivity index (χ1v) is 10.3. The van der Waals surface area contributed by atoms with Gasteiger partial charge in [0.1, 0.15) is 6.29 Å². The fourth-order valence-electron chi connectivity index (χ4n) is 2.13. The van der Waals surface area contributed by atoms with Gasteiger partial charge in [-0.2, -0.15) is 0 Å². The van der Waals surface area contributed by atoms with Gasteiger partial charge < -0.3 is 16.3 Å². The Morgan fingerprint density at radius 3 is 2.26 bits per heavy atom. The molecule has 0 aliphatic rings. The topological polar surface area (TPSA) is 86.2 Å². The molecule has 8 heteroatoms. The van der Waals surface area contributed by atoms with Crippen molar-refractivity contribution < 1.29 is 9.59 Å². The summed E-state index contributed by atoms with van der Waals surface area (Å²) >= 11 is 14.3. The number of thioether (sulfide) groups is 1. The zero-order chi connectivity index (χ0) is 19.8. The molecule has 0 unspecified atom stereocenters. The predicted octanol–water partition coefficient (Wildman–Crippen LogP) is 5.68. The van der Waals surface area contributed by atoms with Crippen LogP contribution in [-0.2, 0) is 4.79 Å². The minimum atomic E-state index is 0.422. The van der Waals surface area contributed by atoms with Crippen LogP contribution < -0.4 is 11.5 Å². The summed E-state index contributed by atoms with van der Waals surface area (Å²) in [5.41, 5.74) is 14.3. The Bertz CT molecular complexity index is 928. The Kier molecular flexibility index (Phi) is 8.19. The molecule has 0 atom stereocenters. The van der Waals surface area contributed by atoms with Crippen LogP contribution in [-0.4, -0.2) is 18.3 Å². The third-order valence-electron chi connectivity index (χ3n) is 3.41. The maximum atomic E-state index is 10.9. The number of rotatable bonds is 5. The second-order valence-corrected chi connectivity index (χ2v) is 8.06. The summed E-state index contributed by atoms with van der Waals surface area (Å²) in [6.45, 7) is 0. The molecule has 3 aromatic rings. The van der Waals surface area contributed by atoms with E-state index in [0.29, 0.717) is 32.1 Å². The molecule has 0 amide bonds. The zero-order valence-electron chi connectivity index (χ0n) is 14.0. The fraction of sp³-hybridized carbons (Fsp3) is 0.0526. The van der Waals surface area contributed by atoms with Gasteiger partial charge in [0.25, 0.3) is 0 Å². The van der Waals surface area contributed by atoms with Gasteiger partial charge in [-0.15, -0.1) is 23.1 Å². The minimum Gasteiger partial charge on any atom is -0.398 e. The molecule has 0 radical (unpaired) electrons. The van der Waals surface area contributed by atoms with E-state index in [4.69, 9.17) is 34.7 Å². The van der Waals surface area contributed by atoms with Crippen LogP contribution >= 0.6 is 46.3 Å². The Morgan fingerprint density at radius 2 is 1.67 bits per heavy atom. The molecule has 0 bridgehead atoms. The highest BCUT2D eigenvalue weighted by molar-refractivity contribution is 8.00. The molecular weight excluding hydrogens is 423 g/mol. The number of aldehydes is 2. The number of carbonyl (C=O) groups excluding carboxylic acids is 2. The van der Waals surface area contributed by atoms with Crippen LogP contribution in [0.25, 0.3) is 11.1 Å². The van der Waals surface area contributed by atoms with Crippen LogP contribution in [0.15, 0.2) is 52.7 Å². The van der Waals surface area contributed by atoms with E-state index in [-0.39, 0.29) is 0 Å². The molecule has 140 valence electrons. The van der Waals surface area contributed by atoms with Gasteiger partial charge >= 0.3 is 0 Å². The minimum absolute atomic E-state index is 0.422. The maximum Gasteiger partial charge on any atom is 0.153 e. The van der Waals surface area contributed by atoms with Crippen LogP contribution in [0.5, 0.6) is 0 Å². The second kappa shape index (κ2) is 10.4. The standard InChI is InChI=1S/C11H8ClNOS.C8H8ClNOS/c12-8-3-1-7(2-4-8)10-6-15-11(13)9(10)5-14;9-6-1-2-8(7(10)5-6)12-4-3-11/h1-6H,13H2;1-3,5H,4,10H2. The van der Waals surface area contributed by atoms with Crippen LogP contribution in [0.3, 0.4) is 0 Å². The summed E-state index contributed by atoms with van der Waals surface area (Å²) in [6, 6.07) is 12.6. The van der Waals surface area contributed by atoms with Gasteiger partial charge in [0.2, 0.25) is 0 Å². The number of thiophene rings is 1. The summed E-state index contributed by atoms with van der Waals surface area (Å²) < 4.78 is 0. The average Bonchev–Trinajstić information content (AvgIpc) is 3.03. The number of halogens is 2. The number of anilines is 2. The molecule has 0 aliphatic heterocycles. The van der Waals surface area contributed by atoms with Crippen molar-refractivity contribution >= 4 is 69.6 Å². The average molecular weight is 439 g/mol. The third-order valence-corrected chi connectivity index (χ3v) is 5.71. The smallest absolute Gasteiger partial charge is 0.153 e. The molecule has 0 saturated carbocycles. The van der Waals surface area contributed by atoms with Crippen molar-refractivity contribution in [2.45, 2.75) is 4.90 Å². The Hall–Kier alpha value is -1.99. The van der Waals surface area contributed by atoms with E-state index < -0.39 is 0 Å². The molecule has 0 spiro atoms. The lowest BCUT2D eigenvalue weighted by Crippen LogP contribution is -1.89. The van der Waals surface area contributed by atoms with E-state index in [1.165, 1.54) is 23.1 Å². The van der Waals surface area contributed by atoms with Crippen molar-refractivity contribution in [1.29, 1.82) is 0 Å². The van der Waals surface area contributed by atoms with Gasteiger partial charge in [-0.05, 0) is 35.9 Å². The summed E-state index contributed by atoms with van der Waals surface area (Å²) in [6.07, 6.45) is 1.63. The first-order valence-electron chi connectivity index (χ1n) is 7.65. The number of hydrogen-bond donors (Lipinski definition) is 2. The number of carbonyl (C=O) groups is 2. The predicted molar refractivity (Wildman–Crippen MR) is 117 cm³/mol. The van der Waals surface area contributed by atoms with Gasteiger partial charge in [0, 0.05) is 31.6 Å². The number of nitrogens with two attached hydrogens (primary N) is 2. The highest BCUT2D eigenvalue weighted by Gasteiger charge is 2.09. The summed E-state index contributed by atoms with van der Waals surface area (Å²) in [5.74, 6) is 0.422. The SMILES string of the molecule is Nc1cc(Cl)ccc1SCC=O.Nc1scc(-c2ccc(Cl)cc2)c1C=O. The summed E-state index contributed by atoms with van der Waals surface area (Å²) in [5, 5.41) is 3.72. The number of hydrogen-bond acceptors (Lipinski definition) is 6. The maximum absolute atomic E-state index is 10.9. The lowest BCUT2D eigenvalue weighted by molar-refractivity contribution is -0.105. The monoisotopic (exact) mass is 438 g/mol. The zero-order valence-corrected chi connectivity index (χ0v) is 17.2. The molecule has 1 aromatic heterocycles. The molecular formula is C19H16Cl2N2O2S2. The van der Waals surface area contributed by atoms with E-state index in [1.54, 1.807) is 24.3 Å². The third kappa shape index (κ3) is 6.01. The molecule has 4 nitrogen and oxygen atoms in total. The van der Waals surface area contributed by atoms with E-state index in [1.807, 2.05) is 23.6 Å². The summed E-state index contributed by atoms with van der Waals surface area (Å²) in [7, 11) is 0. The van der Waals surface area contributed by atoms with Crippen LogP contribution in [0.1, 0.15) is 10.4 Å². The van der Waals surface area contributed by atoms with Crippen molar-refractivity contribution in [2.24, 2.45) is 0 Å². The van der Waals surface area contributed by atoms with Gasteiger partial charge in [-0.25, -0.2) is 0 Å². The molecule has 0 saturated heterocycles. The van der Waals surface area contributed by atoms with Crippen molar-refractivity contribution in [2.75, 3.05) is 17.2 Å². The van der Waals surface area contributed by atoms with Gasteiger partial charge in [-0.1, -0.05) is 35.3 Å². The lowest BCUT2D eigenvalue weighted by Gasteiger charge is -2.02. The van der Waals surface area contributed by atoms with Crippen LogP contribution in [0.2, 0.25) is 10.0 Å². The van der Waals surface area contributed by atoms with Crippen molar-refractivity contribution in [3.8, 4) is 11.1 Å². The molecule has 0 aliphatic carbocycles. The first kappa shape index (κ1) is 21.3. The van der Waals surface area contributed by atoms with E-state index >= 15 is 0 Å². The number of benzene rings is 2. The Morgan fingerprint density at radius 1 is 1.00 bits per heavy atom. The van der Waals surface area contributed by atoms with E-state index in [0.717, 1.165) is 28.6 Å². The molecule has 1 heterocycles. The highest BCUT2D eigenvalue weighted by atomic mass is 35.5. The van der Waals surface area contributed by atoms with Crippen molar-refractivity contribution in [3.63, 3.8) is 0 Å². The van der Waals surface area contributed by atoms with Crippen LogP contribution in [0.4, 0.5) is 10.7 Å². The molecule has 3 rings (SSSR count). The summed E-state index contributed by atoms with van der Waals surface area (Å²) in [4.78, 5) is 21.8. The Labute approximate surface area is 175 Å². The second-order valence-electron chi connectivity index (χ2n) is 5.21. The quantitative estimate of drug-likeness (QED) is 0.304. The lowest BCUT2D eigenvalue weighted by atomic mass is 10.1. The molecule has 0 fully saturated rings. The van der Waals surface area contributed by atoms with Gasteiger partial charge in [0.15, 0.2) is 6.29 Å². The van der Waals surface area contributed by atoms with Crippen molar-refractivity contribution in [1.82, 2.24) is 0 Å². The Balaban J connectivity index is 0.000000199. The van der Waals surface area contributed by atoms with E-state index in [9.17, 15) is 9.59 Å². The highest BCUT2D eigenvalue weighted by Crippen LogP contribution is 2.32. The normalized spacial score (nSPS) is 10.0. The van der Waals surface area contributed by atoms with Gasteiger partial charge in [-0.3, -0.25) is 4.79 Å². The first-order chi connectivity index (χ1) is 13.0. The van der Waals surface area contributed by atoms with E-state index in [2.05, 4.69) is 0 Å².